The standard InChI is InChI=1S/C14H9ClOS/c15-8-9-5-6-13-11(7-9)14(16)10-3-1-2-4-12(10)17-13/h1-7H,8H2. The highest BCUT2D eigenvalue weighted by Crippen LogP contribution is 2.25. The van der Waals surface area contributed by atoms with Gasteiger partial charge in [0.25, 0.3) is 0 Å². The van der Waals surface area contributed by atoms with Crippen molar-refractivity contribution in [1.29, 1.82) is 0 Å². The molecular weight excluding hydrogens is 252 g/mol. The first-order chi connectivity index (χ1) is 8.29. The van der Waals surface area contributed by atoms with Gasteiger partial charge in [-0.1, -0.05) is 18.2 Å². The van der Waals surface area contributed by atoms with Crippen molar-refractivity contribution in [2.75, 3.05) is 0 Å². The smallest absolute Gasteiger partial charge is 0.195 e. The Morgan fingerprint density at radius 3 is 2.59 bits per heavy atom. The molecule has 0 saturated carbocycles. The normalized spacial score (nSPS) is 11.1. The van der Waals surface area contributed by atoms with E-state index in [1.165, 1.54) is 0 Å². The van der Waals surface area contributed by atoms with Crippen molar-refractivity contribution in [3.63, 3.8) is 0 Å². The number of halogens is 1. The van der Waals surface area contributed by atoms with E-state index in [1.54, 1.807) is 11.3 Å². The molecule has 84 valence electrons. The van der Waals surface area contributed by atoms with Crippen molar-refractivity contribution in [3.8, 4) is 0 Å². The largest absolute Gasteiger partial charge is 0.289 e. The second-order valence-corrected chi connectivity index (χ2v) is 5.24. The average Bonchev–Trinajstić information content (AvgIpc) is 2.39. The summed E-state index contributed by atoms with van der Waals surface area (Å²) in [6, 6.07) is 13.6. The molecule has 0 N–H and O–H groups in total. The van der Waals surface area contributed by atoms with Crippen molar-refractivity contribution in [2.45, 2.75) is 5.88 Å². The van der Waals surface area contributed by atoms with Crippen LogP contribution in [0, 0.1) is 0 Å². The molecule has 0 amide bonds. The summed E-state index contributed by atoms with van der Waals surface area (Å²) in [7, 11) is 0. The lowest BCUT2D eigenvalue weighted by Gasteiger charge is -2.02. The molecule has 0 atom stereocenters. The summed E-state index contributed by atoms with van der Waals surface area (Å²) < 4.78 is 2.05. The van der Waals surface area contributed by atoms with E-state index in [2.05, 4.69) is 0 Å². The van der Waals surface area contributed by atoms with Crippen molar-refractivity contribution in [2.24, 2.45) is 0 Å². The fourth-order valence-electron chi connectivity index (χ4n) is 1.93. The fourth-order valence-corrected chi connectivity index (χ4v) is 3.15. The zero-order valence-corrected chi connectivity index (χ0v) is 10.5. The molecule has 3 rings (SSSR count). The Hall–Kier alpha value is -1.38. The Bertz CT molecular complexity index is 761. The van der Waals surface area contributed by atoms with E-state index >= 15 is 0 Å². The maximum Gasteiger partial charge on any atom is 0.195 e. The average molecular weight is 261 g/mol. The van der Waals surface area contributed by atoms with Crippen LogP contribution in [0.25, 0.3) is 20.2 Å². The van der Waals surface area contributed by atoms with E-state index in [0.717, 1.165) is 25.7 Å². The highest BCUT2D eigenvalue weighted by molar-refractivity contribution is 7.24. The first kappa shape index (κ1) is 10.8. The molecule has 0 aliphatic heterocycles. The van der Waals surface area contributed by atoms with Gasteiger partial charge in [-0.05, 0) is 29.8 Å². The third-order valence-electron chi connectivity index (χ3n) is 2.79. The SMILES string of the molecule is O=c1c2ccccc2sc2ccc(CCl)cc12. The van der Waals surface area contributed by atoms with Crippen LogP contribution in [0.4, 0.5) is 0 Å². The van der Waals surface area contributed by atoms with Crippen LogP contribution in [0.3, 0.4) is 0 Å². The first-order valence-corrected chi connectivity index (χ1v) is 6.65. The highest BCUT2D eigenvalue weighted by atomic mass is 35.5. The zero-order chi connectivity index (χ0) is 11.8. The van der Waals surface area contributed by atoms with Crippen molar-refractivity contribution >= 4 is 43.1 Å². The number of fused-ring (bicyclic) bond motifs is 2. The monoisotopic (exact) mass is 260 g/mol. The minimum absolute atomic E-state index is 0.0984. The predicted molar refractivity (Wildman–Crippen MR) is 75.2 cm³/mol. The first-order valence-electron chi connectivity index (χ1n) is 5.30. The number of hydrogen-bond donors (Lipinski definition) is 0. The van der Waals surface area contributed by atoms with Crippen LogP contribution in [0.2, 0.25) is 0 Å². The molecule has 0 bridgehead atoms. The second kappa shape index (κ2) is 4.13. The van der Waals surface area contributed by atoms with Gasteiger partial charge in [0.1, 0.15) is 0 Å². The molecule has 0 spiro atoms. The van der Waals surface area contributed by atoms with Crippen LogP contribution in [0.1, 0.15) is 5.56 Å². The summed E-state index contributed by atoms with van der Waals surface area (Å²) in [5.41, 5.74) is 1.08. The highest BCUT2D eigenvalue weighted by Gasteiger charge is 2.05. The van der Waals surface area contributed by atoms with Gasteiger partial charge in [0.05, 0.1) is 0 Å². The van der Waals surface area contributed by atoms with Gasteiger partial charge in [-0.2, -0.15) is 0 Å². The van der Waals surface area contributed by atoms with Crippen molar-refractivity contribution in [3.05, 3.63) is 58.3 Å². The second-order valence-electron chi connectivity index (χ2n) is 3.89. The summed E-state index contributed by atoms with van der Waals surface area (Å²) in [6.45, 7) is 0. The molecule has 1 nitrogen and oxygen atoms in total. The van der Waals surface area contributed by atoms with E-state index < -0.39 is 0 Å². The van der Waals surface area contributed by atoms with E-state index in [4.69, 9.17) is 11.6 Å². The lowest BCUT2D eigenvalue weighted by Crippen LogP contribution is -2.01. The topological polar surface area (TPSA) is 17.1 Å². The van der Waals surface area contributed by atoms with Crippen molar-refractivity contribution < 1.29 is 0 Å². The minimum Gasteiger partial charge on any atom is -0.289 e. The zero-order valence-electron chi connectivity index (χ0n) is 8.94. The maximum absolute atomic E-state index is 12.3. The lowest BCUT2D eigenvalue weighted by molar-refractivity contribution is 1.43. The van der Waals surface area contributed by atoms with Gasteiger partial charge >= 0.3 is 0 Å². The van der Waals surface area contributed by atoms with E-state index in [9.17, 15) is 4.79 Å². The van der Waals surface area contributed by atoms with Crippen molar-refractivity contribution in [1.82, 2.24) is 0 Å². The summed E-state index contributed by atoms with van der Waals surface area (Å²) in [5.74, 6) is 0.437. The minimum atomic E-state index is 0.0984. The predicted octanol–water partition coefficient (Wildman–Crippen LogP) is 4.15. The molecule has 0 aliphatic carbocycles. The van der Waals surface area contributed by atoms with E-state index in [0.29, 0.717) is 5.88 Å². The van der Waals surface area contributed by atoms with Crippen LogP contribution in [-0.4, -0.2) is 0 Å². The van der Waals surface area contributed by atoms with Crippen LogP contribution in [-0.2, 0) is 5.88 Å². The van der Waals surface area contributed by atoms with Crippen LogP contribution >= 0.6 is 22.9 Å². The molecule has 0 saturated heterocycles. The van der Waals surface area contributed by atoms with E-state index in [1.807, 2.05) is 42.5 Å². The number of hydrogen-bond acceptors (Lipinski definition) is 2. The molecule has 0 unspecified atom stereocenters. The van der Waals surface area contributed by atoms with Crippen LogP contribution in [0.5, 0.6) is 0 Å². The number of rotatable bonds is 1. The Kier molecular flexibility index (Phi) is 2.61. The number of alkyl halides is 1. The molecule has 2 aromatic carbocycles. The Labute approximate surface area is 107 Å². The van der Waals surface area contributed by atoms with Crippen LogP contribution in [0.15, 0.2) is 47.3 Å². The molecule has 0 fully saturated rings. The molecular formula is C14H9ClOS. The van der Waals surface area contributed by atoms with Gasteiger partial charge in [0, 0.05) is 26.1 Å². The van der Waals surface area contributed by atoms with Gasteiger partial charge in [-0.15, -0.1) is 22.9 Å². The number of benzene rings is 2. The molecule has 0 aliphatic rings. The van der Waals surface area contributed by atoms with Gasteiger partial charge in [0.2, 0.25) is 0 Å². The third kappa shape index (κ3) is 1.74. The Morgan fingerprint density at radius 2 is 1.76 bits per heavy atom. The van der Waals surface area contributed by atoms with Crippen LogP contribution < -0.4 is 5.43 Å². The Balaban J connectivity index is 2.51. The quantitative estimate of drug-likeness (QED) is 0.474. The summed E-state index contributed by atoms with van der Waals surface area (Å²) >= 11 is 7.44. The summed E-state index contributed by atoms with van der Waals surface area (Å²) in [6.07, 6.45) is 0. The Morgan fingerprint density at radius 1 is 1.00 bits per heavy atom. The van der Waals surface area contributed by atoms with Gasteiger partial charge in [-0.25, -0.2) is 0 Å². The maximum atomic E-state index is 12.3. The molecule has 3 aromatic rings. The molecule has 3 heteroatoms. The summed E-state index contributed by atoms with van der Waals surface area (Å²) in [4.78, 5) is 12.3. The molecule has 1 heterocycles. The molecule has 17 heavy (non-hydrogen) atoms. The lowest BCUT2D eigenvalue weighted by atomic mass is 10.1. The summed E-state index contributed by atoms with van der Waals surface area (Å²) in [5, 5.41) is 1.56. The van der Waals surface area contributed by atoms with E-state index in [-0.39, 0.29) is 5.43 Å². The fraction of sp³-hybridized carbons (Fsp3) is 0.0714. The third-order valence-corrected chi connectivity index (χ3v) is 4.25. The van der Waals surface area contributed by atoms with Gasteiger partial charge in [0.15, 0.2) is 5.43 Å². The molecule has 1 aromatic heterocycles. The van der Waals surface area contributed by atoms with Gasteiger partial charge < -0.3 is 0 Å². The van der Waals surface area contributed by atoms with Gasteiger partial charge in [-0.3, -0.25) is 4.79 Å². The molecule has 0 radical (unpaired) electrons.